The van der Waals surface area contributed by atoms with Crippen molar-refractivity contribution in [1.29, 1.82) is 0 Å². The molecule has 2 aromatic heterocycles. The second-order valence-corrected chi connectivity index (χ2v) is 7.26. The van der Waals surface area contributed by atoms with Crippen LogP contribution in [-0.2, 0) is 11.8 Å². The molecular formula is C20H21N7O5. The first-order valence-corrected chi connectivity index (χ1v) is 10.1. The summed E-state index contributed by atoms with van der Waals surface area (Å²) in [6, 6.07) is 8.56. The number of hydrogen-bond acceptors (Lipinski definition) is 8. The topological polar surface area (TPSA) is 145 Å². The predicted octanol–water partition coefficient (Wildman–Crippen LogP) is -0.276. The van der Waals surface area contributed by atoms with E-state index in [2.05, 4.69) is 20.6 Å². The Morgan fingerprint density at radius 1 is 1.19 bits per heavy atom. The zero-order valence-electron chi connectivity index (χ0n) is 17.4. The van der Waals surface area contributed by atoms with Gasteiger partial charge in [-0.2, -0.15) is 14.8 Å². The van der Waals surface area contributed by atoms with Gasteiger partial charge in [0.05, 0.1) is 5.69 Å². The van der Waals surface area contributed by atoms with Gasteiger partial charge in [0.15, 0.2) is 5.69 Å². The van der Waals surface area contributed by atoms with Crippen molar-refractivity contribution in [3.8, 4) is 17.2 Å². The zero-order valence-corrected chi connectivity index (χ0v) is 17.4. The van der Waals surface area contributed by atoms with Gasteiger partial charge in [-0.15, -0.1) is 0 Å². The van der Waals surface area contributed by atoms with Gasteiger partial charge in [-0.25, -0.2) is 4.79 Å². The fourth-order valence-electron chi connectivity index (χ4n) is 3.35. The molecule has 4 rings (SSSR count). The van der Waals surface area contributed by atoms with Gasteiger partial charge < -0.3 is 14.7 Å². The van der Waals surface area contributed by atoms with Crippen LogP contribution in [0.25, 0.3) is 17.2 Å². The summed E-state index contributed by atoms with van der Waals surface area (Å²) in [5, 5.41) is 10.4. The van der Waals surface area contributed by atoms with E-state index in [4.69, 9.17) is 4.52 Å². The molecule has 0 aliphatic carbocycles. The van der Waals surface area contributed by atoms with Crippen molar-refractivity contribution in [3.05, 3.63) is 57.1 Å². The van der Waals surface area contributed by atoms with Crippen LogP contribution in [0.3, 0.4) is 0 Å². The monoisotopic (exact) mass is 439 g/mol. The maximum absolute atomic E-state index is 12.5. The van der Waals surface area contributed by atoms with E-state index in [9.17, 15) is 19.2 Å². The van der Waals surface area contributed by atoms with Crippen LogP contribution in [0.1, 0.15) is 29.9 Å². The Balaban J connectivity index is 1.49. The number of nitrogens with one attached hydrogen (secondary N) is 1. The number of carbonyl (C=O) groups is 2. The number of likely N-dealkylation sites (tertiary alicyclic amines) is 1. The lowest BCUT2D eigenvalue weighted by atomic mass is 10.3. The molecule has 1 N–H and O–H groups in total. The quantitative estimate of drug-likeness (QED) is 0.495. The van der Waals surface area contributed by atoms with E-state index in [-0.39, 0.29) is 23.3 Å². The minimum Gasteiger partial charge on any atom is -0.348 e. The zero-order chi connectivity index (χ0) is 22.7. The predicted molar refractivity (Wildman–Crippen MR) is 111 cm³/mol. The molecule has 0 radical (unpaired) electrons. The van der Waals surface area contributed by atoms with Crippen LogP contribution < -0.4 is 16.6 Å². The van der Waals surface area contributed by atoms with Crippen LogP contribution in [0.15, 0.2) is 44.4 Å². The highest BCUT2D eigenvalue weighted by atomic mass is 16.5. The highest BCUT2D eigenvalue weighted by molar-refractivity contribution is 5.89. The van der Waals surface area contributed by atoms with Crippen molar-refractivity contribution < 1.29 is 14.1 Å². The highest BCUT2D eigenvalue weighted by Crippen LogP contribution is 2.11. The summed E-state index contributed by atoms with van der Waals surface area (Å²) in [6.07, 6.45) is 2.02. The van der Waals surface area contributed by atoms with E-state index in [1.807, 2.05) is 0 Å². The van der Waals surface area contributed by atoms with Crippen LogP contribution in [0.2, 0.25) is 0 Å². The number of rotatable bonds is 7. The van der Waals surface area contributed by atoms with Crippen LogP contribution in [0.5, 0.6) is 0 Å². The van der Waals surface area contributed by atoms with Crippen LogP contribution in [0, 0.1) is 0 Å². The number of nitrogens with zero attached hydrogens (tertiary/aromatic N) is 6. The molecule has 12 nitrogen and oxygen atoms in total. The molecule has 0 unspecified atom stereocenters. The molecule has 1 aliphatic heterocycles. The number of carbonyl (C=O) groups excluding carboxylic acids is 2. The molecule has 1 fully saturated rings. The van der Waals surface area contributed by atoms with E-state index in [0.29, 0.717) is 31.6 Å². The molecule has 3 aromatic rings. The molecule has 166 valence electrons. The van der Waals surface area contributed by atoms with E-state index >= 15 is 0 Å². The molecule has 12 heteroatoms. The summed E-state index contributed by atoms with van der Waals surface area (Å²) in [6.45, 7) is 1.63. The maximum atomic E-state index is 12.5. The molecule has 2 amide bonds. The van der Waals surface area contributed by atoms with Crippen molar-refractivity contribution >= 4 is 11.8 Å². The maximum Gasteiger partial charge on any atom is 0.351 e. The van der Waals surface area contributed by atoms with Gasteiger partial charge in [-0.3, -0.25) is 19.0 Å². The first-order chi connectivity index (χ1) is 15.5. The van der Waals surface area contributed by atoms with Crippen molar-refractivity contribution in [2.24, 2.45) is 7.05 Å². The van der Waals surface area contributed by atoms with Gasteiger partial charge >= 0.3 is 17.5 Å². The molecule has 0 saturated carbocycles. The van der Waals surface area contributed by atoms with Crippen LogP contribution in [0.4, 0.5) is 0 Å². The molecule has 1 aliphatic rings. The largest absolute Gasteiger partial charge is 0.351 e. The minimum atomic E-state index is -0.717. The average Bonchev–Trinajstić information content (AvgIpc) is 3.45. The van der Waals surface area contributed by atoms with Crippen molar-refractivity contribution in [2.45, 2.75) is 19.3 Å². The molecule has 1 saturated heterocycles. The Morgan fingerprint density at radius 3 is 2.69 bits per heavy atom. The van der Waals surface area contributed by atoms with Crippen molar-refractivity contribution in [2.75, 3.05) is 19.6 Å². The summed E-state index contributed by atoms with van der Waals surface area (Å²) in [5.74, 6) is -1.02. The van der Waals surface area contributed by atoms with Gasteiger partial charge in [0, 0.05) is 33.1 Å². The summed E-state index contributed by atoms with van der Waals surface area (Å²) in [5.41, 5.74) is -1.13. The van der Waals surface area contributed by atoms with Gasteiger partial charge in [0.2, 0.25) is 11.7 Å². The summed E-state index contributed by atoms with van der Waals surface area (Å²) in [4.78, 5) is 54.6. The van der Waals surface area contributed by atoms with E-state index < -0.39 is 17.2 Å². The van der Waals surface area contributed by atoms with E-state index in [0.717, 1.165) is 22.2 Å². The summed E-state index contributed by atoms with van der Waals surface area (Å²) in [7, 11) is 1.31. The lowest BCUT2D eigenvalue weighted by Crippen LogP contribution is -2.40. The SMILES string of the molecule is Cn1c(=O)c(-c2noc(C(=O)NCCCN3CCCC3=O)n2)nn(-c2ccccc2)c1=O. The Labute approximate surface area is 181 Å². The van der Waals surface area contributed by atoms with Crippen molar-refractivity contribution in [1.82, 2.24) is 34.7 Å². The number of aromatic nitrogens is 5. The minimum absolute atomic E-state index is 0.129. The first kappa shape index (κ1) is 21.2. The summed E-state index contributed by atoms with van der Waals surface area (Å²) < 4.78 is 6.91. The number of amides is 2. The van der Waals surface area contributed by atoms with Crippen molar-refractivity contribution in [3.63, 3.8) is 0 Å². The Morgan fingerprint density at radius 2 is 1.97 bits per heavy atom. The van der Waals surface area contributed by atoms with Gasteiger partial charge in [-0.05, 0) is 25.0 Å². The van der Waals surface area contributed by atoms with Gasteiger partial charge in [0.1, 0.15) is 0 Å². The molecule has 1 aromatic carbocycles. The standard InChI is InChI=1S/C20H21N7O5/c1-25-19(30)15(23-27(20(25)31)13-7-3-2-4-8-13)16-22-18(32-24-16)17(29)21-10-6-12-26-11-5-9-14(26)28/h2-4,7-8H,5-6,9-12H2,1H3,(H,21,29). The average molecular weight is 439 g/mol. The Kier molecular flexibility index (Phi) is 5.92. The second kappa shape index (κ2) is 8.96. The smallest absolute Gasteiger partial charge is 0.348 e. The normalized spacial score (nSPS) is 13.5. The third-order valence-electron chi connectivity index (χ3n) is 5.07. The molecule has 0 spiro atoms. The lowest BCUT2D eigenvalue weighted by Gasteiger charge is -2.14. The van der Waals surface area contributed by atoms with E-state index in [1.54, 1.807) is 35.2 Å². The second-order valence-electron chi connectivity index (χ2n) is 7.26. The summed E-state index contributed by atoms with van der Waals surface area (Å²) >= 11 is 0. The van der Waals surface area contributed by atoms with E-state index in [1.165, 1.54) is 7.05 Å². The van der Waals surface area contributed by atoms with Gasteiger partial charge in [-0.1, -0.05) is 23.4 Å². The molecule has 0 atom stereocenters. The van der Waals surface area contributed by atoms with Crippen LogP contribution >= 0.6 is 0 Å². The van der Waals surface area contributed by atoms with Gasteiger partial charge in [0.25, 0.3) is 5.56 Å². The molecular weight excluding hydrogens is 418 g/mol. The third kappa shape index (κ3) is 4.19. The Hall–Kier alpha value is -4.09. The number of para-hydroxylation sites is 1. The number of hydrogen-bond donors (Lipinski definition) is 1. The molecule has 32 heavy (non-hydrogen) atoms. The first-order valence-electron chi connectivity index (χ1n) is 10.1. The molecule has 0 bridgehead atoms. The molecule has 3 heterocycles. The number of benzene rings is 1. The fourth-order valence-corrected chi connectivity index (χ4v) is 3.35. The highest BCUT2D eigenvalue weighted by Gasteiger charge is 2.22. The Bertz CT molecular complexity index is 1260. The third-order valence-corrected chi connectivity index (χ3v) is 5.07. The lowest BCUT2D eigenvalue weighted by molar-refractivity contribution is -0.127. The van der Waals surface area contributed by atoms with Crippen LogP contribution in [-0.4, -0.2) is 60.8 Å². The fraction of sp³-hybridized carbons (Fsp3) is 0.350.